The lowest BCUT2D eigenvalue weighted by atomic mass is 9.99. The number of rotatable bonds is 5. The standard InChI is InChI=1S/C22H26FN3O/c1-15-8-10-26(11-9-15)21-7-2-16(13-24-21)14-25-22(27)20-12-19(20)17-3-5-18(23)6-4-17/h2-7,13,15,19-20H,8-12,14H2,1H3,(H,25,27). The monoisotopic (exact) mass is 367 g/mol. The van der Waals surface area contributed by atoms with Crippen LogP contribution in [-0.2, 0) is 11.3 Å². The second-order valence-corrected chi connectivity index (χ2v) is 7.91. The SMILES string of the molecule is CC1CCN(c2ccc(CNC(=O)C3CC3c3ccc(F)cc3)cn2)CC1. The average Bonchev–Trinajstić information content (AvgIpc) is 3.49. The van der Waals surface area contributed by atoms with Gasteiger partial charge in [-0.25, -0.2) is 9.37 Å². The van der Waals surface area contributed by atoms with E-state index >= 15 is 0 Å². The molecule has 1 aromatic carbocycles. The van der Waals surface area contributed by atoms with Crippen molar-refractivity contribution >= 4 is 11.7 Å². The molecule has 2 aromatic rings. The molecule has 0 radical (unpaired) electrons. The topological polar surface area (TPSA) is 45.2 Å². The molecule has 1 saturated carbocycles. The summed E-state index contributed by atoms with van der Waals surface area (Å²) < 4.78 is 13.0. The highest BCUT2D eigenvalue weighted by Crippen LogP contribution is 2.47. The molecule has 1 N–H and O–H groups in total. The van der Waals surface area contributed by atoms with Crippen LogP contribution < -0.4 is 10.2 Å². The van der Waals surface area contributed by atoms with E-state index in [-0.39, 0.29) is 23.6 Å². The summed E-state index contributed by atoms with van der Waals surface area (Å²) in [6.07, 6.45) is 5.13. The third kappa shape index (κ3) is 4.29. The van der Waals surface area contributed by atoms with E-state index in [2.05, 4.69) is 28.2 Å². The van der Waals surface area contributed by atoms with Crippen molar-refractivity contribution in [1.82, 2.24) is 10.3 Å². The Labute approximate surface area is 159 Å². The van der Waals surface area contributed by atoms with Crippen molar-refractivity contribution in [3.63, 3.8) is 0 Å². The van der Waals surface area contributed by atoms with Gasteiger partial charge < -0.3 is 10.2 Å². The minimum Gasteiger partial charge on any atom is -0.357 e. The molecule has 4 rings (SSSR count). The number of anilines is 1. The Bertz CT molecular complexity index is 782. The zero-order valence-electron chi connectivity index (χ0n) is 15.7. The van der Waals surface area contributed by atoms with Crippen LogP contribution in [0.4, 0.5) is 10.2 Å². The predicted octanol–water partition coefficient (Wildman–Crippen LogP) is 3.88. The van der Waals surface area contributed by atoms with E-state index in [1.807, 2.05) is 12.3 Å². The van der Waals surface area contributed by atoms with E-state index in [0.717, 1.165) is 42.4 Å². The Morgan fingerprint density at radius 3 is 2.59 bits per heavy atom. The molecule has 5 heteroatoms. The molecule has 27 heavy (non-hydrogen) atoms. The third-order valence-corrected chi connectivity index (χ3v) is 5.81. The molecule has 0 spiro atoms. The van der Waals surface area contributed by atoms with E-state index in [4.69, 9.17) is 0 Å². The Morgan fingerprint density at radius 2 is 1.93 bits per heavy atom. The van der Waals surface area contributed by atoms with Crippen molar-refractivity contribution in [3.05, 3.63) is 59.5 Å². The van der Waals surface area contributed by atoms with Gasteiger partial charge in [0.25, 0.3) is 0 Å². The minimum atomic E-state index is -0.240. The first kappa shape index (κ1) is 18.0. The van der Waals surface area contributed by atoms with Crippen LogP contribution in [0.1, 0.15) is 43.2 Å². The maximum atomic E-state index is 13.0. The molecule has 2 heterocycles. The summed E-state index contributed by atoms with van der Waals surface area (Å²) in [6, 6.07) is 10.6. The Morgan fingerprint density at radius 1 is 1.19 bits per heavy atom. The van der Waals surface area contributed by atoms with Crippen LogP contribution in [0.25, 0.3) is 0 Å². The van der Waals surface area contributed by atoms with Gasteiger partial charge in [0, 0.05) is 31.7 Å². The summed E-state index contributed by atoms with van der Waals surface area (Å²) in [5.74, 6) is 1.87. The average molecular weight is 367 g/mol. The molecule has 142 valence electrons. The number of pyridine rings is 1. The summed E-state index contributed by atoms with van der Waals surface area (Å²) >= 11 is 0. The summed E-state index contributed by atoms with van der Waals surface area (Å²) in [7, 11) is 0. The molecule has 2 aliphatic rings. The number of halogens is 1. The van der Waals surface area contributed by atoms with Crippen molar-refractivity contribution in [2.75, 3.05) is 18.0 Å². The van der Waals surface area contributed by atoms with Crippen molar-refractivity contribution in [1.29, 1.82) is 0 Å². The Balaban J connectivity index is 1.26. The fraction of sp³-hybridized carbons (Fsp3) is 0.455. The summed E-state index contributed by atoms with van der Waals surface area (Å²) in [5, 5.41) is 3.01. The number of nitrogens with zero attached hydrogens (tertiary/aromatic N) is 2. The number of aromatic nitrogens is 1. The molecule has 1 saturated heterocycles. The molecule has 1 aliphatic heterocycles. The molecular weight excluding hydrogens is 341 g/mol. The molecule has 2 unspecified atom stereocenters. The lowest BCUT2D eigenvalue weighted by Crippen LogP contribution is -2.33. The van der Waals surface area contributed by atoms with Gasteiger partial charge in [-0.2, -0.15) is 0 Å². The first-order valence-electron chi connectivity index (χ1n) is 9.83. The minimum absolute atomic E-state index is 0.00182. The van der Waals surface area contributed by atoms with Gasteiger partial charge in [0.1, 0.15) is 11.6 Å². The van der Waals surface area contributed by atoms with Gasteiger partial charge in [-0.1, -0.05) is 25.1 Å². The Kier molecular flexibility index (Phi) is 5.10. The molecule has 1 aromatic heterocycles. The van der Waals surface area contributed by atoms with Gasteiger partial charge in [-0.3, -0.25) is 4.79 Å². The van der Waals surface area contributed by atoms with Crippen molar-refractivity contribution in [2.24, 2.45) is 11.8 Å². The fourth-order valence-corrected chi connectivity index (χ4v) is 3.83. The molecule has 1 aliphatic carbocycles. The van der Waals surface area contributed by atoms with Crippen molar-refractivity contribution in [3.8, 4) is 0 Å². The van der Waals surface area contributed by atoms with E-state index < -0.39 is 0 Å². The quantitative estimate of drug-likeness (QED) is 0.872. The van der Waals surface area contributed by atoms with E-state index in [9.17, 15) is 9.18 Å². The lowest BCUT2D eigenvalue weighted by molar-refractivity contribution is -0.122. The largest absolute Gasteiger partial charge is 0.357 e. The highest BCUT2D eigenvalue weighted by molar-refractivity contribution is 5.82. The van der Waals surface area contributed by atoms with Gasteiger partial charge in [0.05, 0.1) is 0 Å². The smallest absolute Gasteiger partial charge is 0.224 e. The number of benzene rings is 1. The molecule has 0 bridgehead atoms. The molecule has 1 amide bonds. The summed E-state index contributed by atoms with van der Waals surface area (Å²) in [4.78, 5) is 19.3. The number of amides is 1. The van der Waals surface area contributed by atoms with Crippen LogP contribution in [0.5, 0.6) is 0 Å². The van der Waals surface area contributed by atoms with Gasteiger partial charge in [-0.15, -0.1) is 0 Å². The van der Waals surface area contributed by atoms with Crippen molar-refractivity contribution in [2.45, 2.75) is 38.6 Å². The van der Waals surface area contributed by atoms with Crippen LogP contribution in [0.2, 0.25) is 0 Å². The van der Waals surface area contributed by atoms with Gasteiger partial charge in [0.2, 0.25) is 5.91 Å². The number of carbonyl (C=O) groups is 1. The number of piperidine rings is 1. The van der Waals surface area contributed by atoms with Crippen LogP contribution >= 0.6 is 0 Å². The van der Waals surface area contributed by atoms with Crippen LogP contribution in [-0.4, -0.2) is 24.0 Å². The molecule has 2 fully saturated rings. The zero-order valence-corrected chi connectivity index (χ0v) is 15.7. The van der Waals surface area contributed by atoms with Crippen LogP contribution in [0.3, 0.4) is 0 Å². The van der Waals surface area contributed by atoms with E-state index in [0.29, 0.717) is 6.54 Å². The highest BCUT2D eigenvalue weighted by atomic mass is 19.1. The lowest BCUT2D eigenvalue weighted by Gasteiger charge is -2.31. The van der Waals surface area contributed by atoms with E-state index in [1.165, 1.54) is 25.0 Å². The number of hydrogen-bond acceptors (Lipinski definition) is 3. The van der Waals surface area contributed by atoms with Gasteiger partial charge in [-0.05, 0) is 60.4 Å². The number of hydrogen-bond donors (Lipinski definition) is 1. The number of nitrogens with one attached hydrogen (secondary N) is 1. The second kappa shape index (κ2) is 7.67. The van der Waals surface area contributed by atoms with Crippen LogP contribution in [0, 0.1) is 17.7 Å². The van der Waals surface area contributed by atoms with Crippen LogP contribution in [0.15, 0.2) is 42.6 Å². The predicted molar refractivity (Wildman–Crippen MR) is 104 cm³/mol. The third-order valence-electron chi connectivity index (χ3n) is 5.81. The summed E-state index contributed by atoms with van der Waals surface area (Å²) in [5.41, 5.74) is 2.05. The van der Waals surface area contributed by atoms with Crippen molar-refractivity contribution < 1.29 is 9.18 Å². The summed E-state index contributed by atoms with van der Waals surface area (Å²) in [6.45, 7) is 4.93. The Hall–Kier alpha value is -2.43. The maximum Gasteiger partial charge on any atom is 0.224 e. The maximum absolute atomic E-state index is 13.0. The molecule has 4 nitrogen and oxygen atoms in total. The number of carbonyl (C=O) groups excluding carboxylic acids is 1. The second-order valence-electron chi connectivity index (χ2n) is 7.91. The van der Waals surface area contributed by atoms with Gasteiger partial charge >= 0.3 is 0 Å². The molecular formula is C22H26FN3O. The zero-order chi connectivity index (χ0) is 18.8. The fourth-order valence-electron chi connectivity index (χ4n) is 3.83. The highest BCUT2D eigenvalue weighted by Gasteiger charge is 2.43. The van der Waals surface area contributed by atoms with E-state index in [1.54, 1.807) is 12.1 Å². The molecule has 2 atom stereocenters. The normalized spacial score (nSPS) is 22.5. The van der Waals surface area contributed by atoms with Gasteiger partial charge in [0.15, 0.2) is 0 Å². The first-order valence-corrected chi connectivity index (χ1v) is 9.83. The first-order chi connectivity index (χ1) is 13.1.